The van der Waals surface area contributed by atoms with Crippen LogP contribution in [0, 0.1) is 12.8 Å². The summed E-state index contributed by atoms with van der Waals surface area (Å²) in [4.78, 5) is 13.4. The van der Waals surface area contributed by atoms with Crippen molar-refractivity contribution >= 4 is 15.9 Å². The number of benzene rings is 2. The Hall–Kier alpha value is -2.58. The number of sulfonamides is 1. The number of carbonyl (C=O) groups excluding carboxylic acids is 1. The highest BCUT2D eigenvalue weighted by atomic mass is 32.2. The SMILES string of the molecule is CC[C@H](NC(=O)c1cc(S(=O)(=O)N2CCC(C)CC2)ccc1OC)c1ccc(OC)c(C)c1. The van der Waals surface area contributed by atoms with Crippen molar-refractivity contribution in [1.82, 2.24) is 9.62 Å². The van der Waals surface area contributed by atoms with Crippen molar-refractivity contribution in [2.75, 3.05) is 27.3 Å². The number of piperidine rings is 1. The van der Waals surface area contributed by atoms with Crippen molar-refractivity contribution in [3.8, 4) is 11.5 Å². The van der Waals surface area contributed by atoms with Crippen LogP contribution in [-0.2, 0) is 10.0 Å². The summed E-state index contributed by atoms with van der Waals surface area (Å²) >= 11 is 0. The molecule has 180 valence electrons. The molecule has 3 rings (SSSR count). The highest BCUT2D eigenvalue weighted by molar-refractivity contribution is 7.89. The zero-order chi connectivity index (χ0) is 24.2. The lowest BCUT2D eigenvalue weighted by atomic mass is 10.0. The van der Waals surface area contributed by atoms with Crippen LogP contribution in [0.4, 0.5) is 0 Å². The molecule has 1 saturated heterocycles. The van der Waals surface area contributed by atoms with Gasteiger partial charge in [-0.2, -0.15) is 4.31 Å². The predicted molar refractivity (Wildman–Crippen MR) is 128 cm³/mol. The summed E-state index contributed by atoms with van der Waals surface area (Å²) in [5.41, 5.74) is 2.13. The van der Waals surface area contributed by atoms with Crippen LogP contribution < -0.4 is 14.8 Å². The van der Waals surface area contributed by atoms with Crippen molar-refractivity contribution in [1.29, 1.82) is 0 Å². The number of carbonyl (C=O) groups is 1. The number of ether oxygens (including phenoxy) is 2. The van der Waals surface area contributed by atoms with Crippen molar-refractivity contribution in [3.63, 3.8) is 0 Å². The van der Waals surface area contributed by atoms with E-state index in [9.17, 15) is 13.2 Å². The molecule has 0 bridgehead atoms. The molecule has 2 aromatic carbocycles. The molecule has 1 amide bonds. The topological polar surface area (TPSA) is 84.9 Å². The van der Waals surface area contributed by atoms with Gasteiger partial charge in [0.1, 0.15) is 11.5 Å². The zero-order valence-corrected chi connectivity index (χ0v) is 20.9. The molecule has 1 aliphatic heterocycles. The first-order valence-corrected chi connectivity index (χ1v) is 12.8. The Balaban J connectivity index is 1.88. The van der Waals surface area contributed by atoms with Gasteiger partial charge in [0, 0.05) is 13.1 Å². The molecule has 0 aliphatic carbocycles. The van der Waals surface area contributed by atoms with Crippen LogP contribution in [0.1, 0.15) is 60.6 Å². The number of hydrogen-bond acceptors (Lipinski definition) is 5. The molecule has 0 unspecified atom stereocenters. The molecule has 0 spiro atoms. The lowest BCUT2D eigenvalue weighted by Gasteiger charge is -2.29. The number of hydrogen-bond donors (Lipinski definition) is 1. The minimum Gasteiger partial charge on any atom is -0.496 e. The molecule has 7 nitrogen and oxygen atoms in total. The molecule has 0 aromatic heterocycles. The van der Waals surface area contributed by atoms with Gasteiger partial charge < -0.3 is 14.8 Å². The van der Waals surface area contributed by atoms with E-state index in [2.05, 4.69) is 12.2 Å². The fourth-order valence-corrected chi connectivity index (χ4v) is 5.67. The molecular formula is C25H34N2O5S. The number of nitrogens with one attached hydrogen (secondary N) is 1. The average molecular weight is 475 g/mol. The van der Waals surface area contributed by atoms with Crippen LogP contribution in [0.3, 0.4) is 0 Å². The highest BCUT2D eigenvalue weighted by Crippen LogP contribution is 2.29. The van der Waals surface area contributed by atoms with E-state index in [1.165, 1.54) is 23.5 Å². The van der Waals surface area contributed by atoms with Crippen LogP contribution in [0.25, 0.3) is 0 Å². The minimum atomic E-state index is -3.68. The predicted octanol–water partition coefficient (Wildman–Crippen LogP) is 4.31. The third-order valence-corrected chi connectivity index (χ3v) is 8.23. The summed E-state index contributed by atoms with van der Waals surface area (Å²) < 4.78 is 38.6. The summed E-state index contributed by atoms with van der Waals surface area (Å²) in [6.07, 6.45) is 2.34. The van der Waals surface area contributed by atoms with Gasteiger partial charge in [-0.25, -0.2) is 8.42 Å². The van der Waals surface area contributed by atoms with E-state index < -0.39 is 10.0 Å². The molecule has 2 aromatic rings. The van der Waals surface area contributed by atoms with Crippen LogP contribution in [0.15, 0.2) is 41.3 Å². The molecule has 33 heavy (non-hydrogen) atoms. The van der Waals surface area contributed by atoms with Gasteiger partial charge in [0.25, 0.3) is 5.91 Å². The molecule has 1 aliphatic rings. The van der Waals surface area contributed by atoms with Gasteiger partial charge in [0.05, 0.1) is 30.7 Å². The minimum absolute atomic E-state index is 0.108. The molecule has 1 N–H and O–H groups in total. The first kappa shape index (κ1) is 25.1. The monoisotopic (exact) mass is 474 g/mol. The van der Waals surface area contributed by atoms with E-state index in [-0.39, 0.29) is 22.4 Å². The second-order valence-corrected chi connectivity index (χ2v) is 10.5. The van der Waals surface area contributed by atoms with E-state index in [1.54, 1.807) is 13.2 Å². The lowest BCUT2D eigenvalue weighted by molar-refractivity contribution is 0.0932. The molecule has 1 heterocycles. The van der Waals surface area contributed by atoms with Crippen LogP contribution in [0.5, 0.6) is 11.5 Å². The van der Waals surface area contributed by atoms with E-state index in [1.807, 2.05) is 32.0 Å². The number of methoxy groups -OCH3 is 2. The Morgan fingerprint density at radius 3 is 2.30 bits per heavy atom. The van der Waals surface area contributed by atoms with E-state index in [0.29, 0.717) is 31.2 Å². The largest absolute Gasteiger partial charge is 0.496 e. The maximum Gasteiger partial charge on any atom is 0.255 e. The molecular weight excluding hydrogens is 440 g/mol. The Labute approximate surface area is 197 Å². The molecule has 0 saturated carbocycles. The first-order valence-electron chi connectivity index (χ1n) is 11.3. The van der Waals surface area contributed by atoms with Gasteiger partial charge in [-0.15, -0.1) is 0 Å². The fourth-order valence-electron chi connectivity index (χ4n) is 4.17. The summed E-state index contributed by atoms with van der Waals surface area (Å²) in [5, 5.41) is 3.03. The Kier molecular flexibility index (Phi) is 8.02. The van der Waals surface area contributed by atoms with Crippen molar-refractivity contribution < 1.29 is 22.7 Å². The lowest BCUT2D eigenvalue weighted by Crippen LogP contribution is -2.38. The third kappa shape index (κ3) is 5.50. The quantitative estimate of drug-likeness (QED) is 0.616. The molecule has 1 fully saturated rings. The fraction of sp³-hybridized carbons (Fsp3) is 0.480. The third-order valence-electron chi connectivity index (χ3n) is 6.33. The normalized spacial score (nSPS) is 16.3. The zero-order valence-electron chi connectivity index (χ0n) is 20.1. The maximum absolute atomic E-state index is 13.2. The summed E-state index contributed by atoms with van der Waals surface area (Å²) in [6.45, 7) is 7.06. The summed E-state index contributed by atoms with van der Waals surface area (Å²) in [7, 11) is -0.590. The number of nitrogens with zero attached hydrogens (tertiary/aromatic N) is 1. The Morgan fingerprint density at radius 1 is 1.09 bits per heavy atom. The summed E-state index contributed by atoms with van der Waals surface area (Å²) in [6, 6.07) is 10.0. The second-order valence-electron chi connectivity index (χ2n) is 8.61. The number of rotatable bonds is 8. The van der Waals surface area contributed by atoms with Gasteiger partial charge in [-0.3, -0.25) is 4.79 Å². The van der Waals surface area contributed by atoms with Crippen molar-refractivity contribution in [2.24, 2.45) is 5.92 Å². The number of amides is 1. The van der Waals surface area contributed by atoms with Gasteiger partial charge in [-0.1, -0.05) is 26.0 Å². The van der Waals surface area contributed by atoms with Crippen LogP contribution in [-0.4, -0.2) is 45.9 Å². The molecule has 1 atom stereocenters. The second kappa shape index (κ2) is 10.6. The molecule has 8 heteroatoms. The Bertz CT molecular complexity index is 1090. The smallest absolute Gasteiger partial charge is 0.255 e. The van der Waals surface area contributed by atoms with E-state index >= 15 is 0 Å². The van der Waals surface area contributed by atoms with E-state index in [0.717, 1.165) is 29.7 Å². The summed E-state index contributed by atoms with van der Waals surface area (Å²) in [5.74, 6) is 1.25. The highest BCUT2D eigenvalue weighted by Gasteiger charge is 2.29. The van der Waals surface area contributed by atoms with Gasteiger partial charge >= 0.3 is 0 Å². The molecule has 0 radical (unpaired) electrons. The van der Waals surface area contributed by atoms with Crippen LogP contribution >= 0.6 is 0 Å². The number of aryl methyl sites for hydroxylation is 1. The maximum atomic E-state index is 13.2. The van der Waals surface area contributed by atoms with Gasteiger partial charge in [-0.05, 0) is 67.5 Å². The standard InChI is InChI=1S/C25H34N2O5S/c1-6-22(19-7-9-23(31-4)18(3)15-19)26-25(28)21-16-20(8-10-24(21)32-5)33(29,30)27-13-11-17(2)12-14-27/h7-10,15-17,22H,6,11-14H2,1-5H3,(H,26,28)/t22-/m0/s1. The first-order chi connectivity index (χ1) is 15.7. The van der Waals surface area contributed by atoms with Gasteiger partial charge in [0.15, 0.2) is 0 Å². The Morgan fingerprint density at radius 2 is 1.73 bits per heavy atom. The van der Waals surface area contributed by atoms with Crippen LogP contribution in [0.2, 0.25) is 0 Å². The van der Waals surface area contributed by atoms with Crippen molar-refractivity contribution in [2.45, 2.75) is 51.0 Å². The van der Waals surface area contributed by atoms with Gasteiger partial charge in [0.2, 0.25) is 10.0 Å². The van der Waals surface area contributed by atoms with E-state index in [4.69, 9.17) is 9.47 Å². The average Bonchev–Trinajstić information content (AvgIpc) is 2.82. The van der Waals surface area contributed by atoms with Crippen molar-refractivity contribution in [3.05, 3.63) is 53.1 Å².